The minimum atomic E-state index is -3.74. The number of sulfonamides is 1. The first-order valence-electron chi connectivity index (χ1n) is 5.06. The molecule has 0 spiro atoms. The molecule has 0 bridgehead atoms. The Bertz CT molecular complexity index is 483. The van der Waals surface area contributed by atoms with Gasteiger partial charge in [0.1, 0.15) is 10.7 Å². The number of benzene rings is 1. The molecule has 0 fully saturated rings. The van der Waals surface area contributed by atoms with Crippen LogP contribution in [0, 0.1) is 5.82 Å². The van der Waals surface area contributed by atoms with Gasteiger partial charge in [-0.2, -0.15) is 0 Å². The Morgan fingerprint density at radius 2 is 2.00 bits per heavy atom. The molecule has 4 nitrogen and oxygen atoms in total. The molecule has 2 N–H and O–H groups in total. The first-order valence-corrected chi connectivity index (χ1v) is 6.93. The van der Waals surface area contributed by atoms with Crippen molar-refractivity contribution in [3.8, 4) is 0 Å². The highest BCUT2D eigenvalue weighted by atomic mass is 35.5. The molecule has 0 saturated heterocycles. The Balaban J connectivity index is 0.00000289. The van der Waals surface area contributed by atoms with Crippen molar-refractivity contribution in [3.63, 3.8) is 0 Å². The van der Waals surface area contributed by atoms with Crippen LogP contribution in [0.2, 0.25) is 5.02 Å². The molecule has 0 aliphatic rings. The second-order valence-corrected chi connectivity index (χ2v) is 5.57. The van der Waals surface area contributed by atoms with Crippen molar-refractivity contribution in [3.05, 3.63) is 29.0 Å². The highest BCUT2D eigenvalue weighted by Gasteiger charge is 2.17. The smallest absolute Gasteiger partial charge is 0.242 e. The van der Waals surface area contributed by atoms with Gasteiger partial charge in [0.05, 0.1) is 5.02 Å². The minimum absolute atomic E-state index is 0. The van der Waals surface area contributed by atoms with Gasteiger partial charge in [-0.25, -0.2) is 17.5 Å². The third kappa shape index (κ3) is 5.07. The molecule has 18 heavy (non-hydrogen) atoms. The van der Waals surface area contributed by atoms with Crippen molar-refractivity contribution in [1.82, 2.24) is 10.0 Å². The fourth-order valence-electron chi connectivity index (χ4n) is 1.23. The predicted molar refractivity (Wildman–Crippen MR) is 72.4 cm³/mol. The Kier molecular flexibility index (Phi) is 7.73. The van der Waals surface area contributed by atoms with Crippen molar-refractivity contribution in [2.45, 2.75) is 11.3 Å². The van der Waals surface area contributed by atoms with Gasteiger partial charge in [-0.1, -0.05) is 11.6 Å². The second-order valence-electron chi connectivity index (χ2n) is 3.43. The molecule has 0 amide bonds. The molecule has 0 saturated carbocycles. The molecule has 1 aromatic rings. The summed E-state index contributed by atoms with van der Waals surface area (Å²) >= 11 is 5.72. The number of halogens is 3. The number of hydrogen-bond donors (Lipinski definition) is 2. The summed E-state index contributed by atoms with van der Waals surface area (Å²) in [5.74, 6) is -0.634. The highest BCUT2D eigenvalue weighted by molar-refractivity contribution is 7.89. The summed E-state index contributed by atoms with van der Waals surface area (Å²) in [5, 5.41) is 2.90. The summed E-state index contributed by atoms with van der Waals surface area (Å²) in [6.07, 6.45) is 0.642. The van der Waals surface area contributed by atoms with Gasteiger partial charge in [0.25, 0.3) is 0 Å². The fourth-order valence-corrected chi connectivity index (χ4v) is 2.82. The van der Waals surface area contributed by atoms with Crippen LogP contribution in [-0.4, -0.2) is 28.6 Å². The van der Waals surface area contributed by atoms with E-state index in [0.29, 0.717) is 13.0 Å². The monoisotopic (exact) mass is 316 g/mol. The molecule has 0 radical (unpaired) electrons. The van der Waals surface area contributed by atoms with Crippen LogP contribution in [-0.2, 0) is 10.0 Å². The van der Waals surface area contributed by atoms with E-state index < -0.39 is 15.8 Å². The molecule has 0 unspecified atom stereocenters. The van der Waals surface area contributed by atoms with E-state index in [4.69, 9.17) is 11.6 Å². The Hall–Kier alpha value is -0.400. The van der Waals surface area contributed by atoms with Crippen molar-refractivity contribution in [2.24, 2.45) is 0 Å². The molecule has 0 aliphatic heterocycles. The molecular formula is C10H15Cl2FN2O2S. The van der Waals surface area contributed by atoms with E-state index in [1.54, 1.807) is 7.05 Å². The minimum Gasteiger partial charge on any atom is -0.320 e. The first-order chi connectivity index (χ1) is 7.97. The first kappa shape index (κ1) is 17.6. The second kappa shape index (κ2) is 7.91. The van der Waals surface area contributed by atoms with E-state index >= 15 is 0 Å². The zero-order chi connectivity index (χ0) is 12.9. The van der Waals surface area contributed by atoms with Crippen LogP contribution in [0.3, 0.4) is 0 Å². The van der Waals surface area contributed by atoms with E-state index in [2.05, 4.69) is 10.0 Å². The Morgan fingerprint density at radius 3 is 2.61 bits per heavy atom. The van der Waals surface area contributed by atoms with Crippen LogP contribution in [0.1, 0.15) is 6.42 Å². The molecule has 0 atom stereocenters. The fraction of sp³-hybridized carbons (Fsp3) is 0.400. The summed E-state index contributed by atoms with van der Waals surface area (Å²) < 4.78 is 38.9. The van der Waals surface area contributed by atoms with Gasteiger partial charge in [0.2, 0.25) is 10.0 Å². The lowest BCUT2D eigenvalue weighted by molar-refractivity contribution is 0.574. The van der Waals surface area contributed by atoms with Crippen LogP contribution >= 0.6 is 24.0 Å². The summed E-state index contributed by atoms with van der Waals surface area (Å²) in [4.78, 5) is -0.233. The molecular weight excluding hydrogens is 302 g/mol. The average molecular weight is 317 g/mol. The van der Waals surface area contributed by atoms with Crippen LogP contribution in [0.4, 0.5) is 4.39 Å². The zero-order valence-corrected chi connectivity index (χ0v) is 12.1. The van der Waals surface area contributed by atoms with Gasteiger partial charge in [0.15, 0.2) is 0 Å². The van der Waals surface area contributed by atoms with Crippen LogP contribution in [0.5, 0.6) is 0 Å². The summed E-state index contributed by atoms with van der Waals surface area (Å²) in [5.41, 5.74) is 0. The van der Waals surface area contributed by atoms with Crippen molar-refractivity contribution in [1.29, 1.82) is 0 Å². The van der Waals surface area contributed by atoms with Gasteiger partial charge in [-0.15, -0.1) is 12.4 Å². The van der Waals surface area contributed by atoms with Gasteiger partial charge >= 0.3 is 0 Å². The third-order valence-electron chi connectivity index (χ3n) is 2.08. The summed E-state index contributed by atoms with van der Waals surface area (Å²) in [6, 6.07) is 3.24. The molecule has 0 aliphatic carbocycles. The van der Waals surface area contributed by atoms with Crippen LogP contribution in [0.25, 0.3) is 0 Å². The Labute approximate surface area is 117 Å². The lowest BCUT2D eigenvalue weighted by atomic mass is 10.3. The third-order valence-corrected chi connectivity index (χ3v) is 4.02. The number of hydrogen-bond acceptors (Lipinski definition) is 3. The molecule has 8 heteroatoms. The number of rotatable bonds is 6. The maximum absolute atomic E-state index is 13.0. The number of nitrogens with one attached hydrogen (secondary N) is 2. The van der Waals surface area contributed by atoms with Gasteiger partial charge < -0.3 is 5.32 Å². The molecule has 0 aromatic heterocycles. The van der Waals surface area contributed by atoms with E-state index in [9.17, 15) is 12.8 Å². The largest absolute Gasteiger partial charge is 0.320 e. The van der Waals surface area contributed by atoms with Crippen molar-refractivity contribution >= 4 is 34.0 Å². The molecule has 104 valence electrons. The molecule has 1 aromatic carbocycles. The lowest BCUT2D eigenvalue weighted by Gasteiger charge is -2.08. The van der Waals surface area contributed by atoms with Gasteiger partial charge in [0, 0.05) is 6.54 Å². The highest BCUT2D eigenvalue weighted by Crippen LogP contribution is 2.21. The van der Waals surface area contributed by atoms with Gasteiger partial charge in [-0.05, 0) is 38.2 Å². The van der Waals surface area contributed by atoms with E-state index in [-0.39, 0.29) is 28.9 Å². The van der Waals surface area contributed by atoms with E-state index in [1.807, 2.05) is 0 Å². The maximum atomic E-state index is 13.0. The van der Waals surface area contributed by atoms with Crippen LogP contribution in [0.15, 0.2) is 23.1 Å². The van der Waals surface area contributed by atoms with Crippen molar-refractivity contribution < 1.29 is 12.8 Å². The Morgan fingerprint density at radius 1 is 1.33 bits per heavy atom. The summed E-state index contributed by atoms with van der Waals surface area (Å²) in [6.45, 7) is 0.968. The average Bonchev–Trinajstić information content (AvgIpc) is 2.28. The standard InChI is InChI=1S/C10H14ClFN2O2S.ClH/c1-13-5-2-6-14-17(15,16)10-7-8(12)3-4-9(10)11;/h3-4,7,13-14H,2,5-6H2,1H3;1H. The molecule has 1 rings (SSSR count). The van der Waals surface area contributed by atoms with E-state index in [1.165, 1.54) is 6.07 Å². The maximum Gasteiger partial charge on any atom is 0.242 e. The normalized spacial score (nSPS) is 11.1. The quantitative estimate of drug-likeness (QED) is 0.787. The lowest BCUT2D eigenvalue weighted by Crippen LogP contribution is -2.27. The zero-order valence-electron chi connectivity index (χ0n) is 9.74. The van der Waals surface area contributed by atoms with Crippen LogP contribution < -0.4 is 10.0 Å². The topological polar surface area (TPSA) is 58.2 Å². The SMILES string of the molecule is CNCCCNS(=O)(=O)c1cc(F)ccc1Cl.Cl. The summed E-state index contributed by atoms with van der Waals surface area (Å²) in [7, 11) is -1.97. The molecule has 0 heterocycles. The van der Waals surface area contributed by atoms with Crippen molar-refractivity contribution in [2.75, 3.05) is 20.1 Å². The predicted octanol–water partition coefficient (Wildman–Crippen LogP) is 1.79. The van der Waals surface area contributed by atoms with Gasteiger partial charge in [-0.3, -0.25) is 0 Å². The van der Waals surface area contributed by atoms with E-state index in [0.717, 1.165) is 12.1 Å².